The van der Waals surface area contributed by atoms with Crippen molar-refractivity contribution in [2.75, 3.05) is 6.61 Å². The highest BCUT2D eigenvalue weighted by molar-refractivity contribution is 6.38. The lowest BCUT2D eigenvalue weighted by Gasteiger charge is -2.28. The second-order valence-corrected chi connectivity index (χ2v) is 12.2. The van der Waals surface area contributed by atoms with Crippen LogP contribution < -0.4 is 16.1 Å². The normalized spacial score (nSPS) is 19.1. The Labute approximate surface area is 222 Å². The van der Waals surface area contributed by atoms with Crippen molar-refractivity contribution >= 4 is 23.7 Å². The summed E-state index contributed by atoms with van der Waals surface area (Å²) in [5.41, 5.74) is 1.56. The first kappa shape index (κ1) is 31.1. The van der Waals surface area contributed by atoms with Crippen molar-refractivity contribution < 1.29 is 28.8 Å². The van der Waals surface area contributed by atoms with E-state index in [0.717, 1.165) is 57.8 Å². The molecule has 3 N–H and O–H groups in total. The summed E-state index contributed by atoms with van der Waals surface area (Å²) in [6.07, 6.45) is 11.0. The molecule has 0 unspecified atom stereocenters. The molecule has 2 rings (SSSR count). The summed E-state index contributed by atoms with van der Waals surface area (Å²) in [5, 5.41) is 5.48. The molecule has 0 aromatic rings. The van der Waals surface area contributed by atoms with Crippen LogP contribution in [0.3, 0.4) is 0 Å². The number of hydroxylamine groups is 1. The number of hydrogen-bond acceptors (Lipinski definition) is 6. The van der Waals surface area contributed by atoms with Crippen LogP contribution in [0.5, 0.6) is 0 Å². The molecule has 0 radical (unpaired) electrons. The Balaban J connectivity index is 2.04. The van der Waals surface area contributed by atoms with E-state index in [1.807, 2.05) is 13.8 Å². The molecule has 37 heavy (non-hydrogen) atoms. The van der Waals surface area contributed by atoms with Gasteiger partial charge in [0.2, 0.25) is 11.7 Å². The summed E-state index contributed by atoms with van der Waals surface area (Å²) in [7, 11) is 0. The molecule has 2 atom stereocenters. The Kier molecular flexibility index (Phi) is 12.8. The van der Waals surface area contributed by atoms with Gasteiger partial charge < -0.3 is 15.4 Å². The Hall–Kier alpha value is -2.16. The lowest BCUT2D eigenvalue weighted by molar-refractivity contribution is -0.155. The van der Waals surface area contributed by atoms with Gasteiger partial charge in [0, 0.05) is 0 Å². The number of carbonyl (C=O) groups is 4. The highest BCUT2D eigenvalue weighted by atomic mass is 16.7. The van der Waals surface area contributed by atoms with Crippen molar-refractivity contribution in [2.45, 2.75) is 129 Å². The Morgan fingerprint density at radius 3 is 1.92 bits per heavy atom. The largest absolute Gasteiger partial charge is 0.449 e. The average molecular weight is 524 g/mol. The lowest BCUT2D eigenvalue weighted by Crippen LogP contribution is -2.55. The third-order valence-electron chi connectivity index (χ3n) is 7.09. The van der Waals surface area contributed by atoms with Crippen molar-refractivity contribution in [1.82, 2.24) is 16.1 Å². The van der Waals surface area contributed by atoms with Crippen LogP contribution >= 0.6 is 0 Å². The fourth-order valence-corrected chi connectivity index (χ4v) is 5.10. The van der Waals surface area contributed by atoms with Crippen molar-refractivity contribution in [1.29, 1.82) is 0 Å². The monoisotopic (exact) mass is 523 g/mol. The first-order valence-electron chi connectivity index (χ1n) is 14.2. The Morgan fingerprint density at radius 2 is 1.38 bits per heavy atom. The zero-order valence-electron chi connectivity index (χ0n) is 23.5. The molecular weight excluding hydrogens is 474 g/mol. The van der Waals surface area contributed by atoms with Crippen LogP contribution in [0.25, 0.3) is 0 Å². The zero-order chi connectivity index (χ0) is 27.4. The molecule has 2 saturated carbocycles. The van der Waals surface area contributed by atoms with Gasteiger partial charge in [0.05, 0.1) is 18.2 Å². The average Bonchev–Trinajstić information content (AvgIpc) is 2.85. The Morgan fingerprint density at radius 1 is 0.811 bits per heavy atom. The number of ketones is 1. The minimum atomic E-state index is -0.992. The fourth-order valence-electron chi connectivity index (χ4n) is 5.10. The van der Waals surface area contributed by atoms with Crippen LogP contribution in [0, 0.1) is 17.8 Å². The molecule has 0 aliphatic heterocycles. The van der Waals surface area contributed by atoms with Gasteiger partial charge in [-0.15, -0.1) is 0 Å². The first-order valence-corrected chi connectivity index (χ1v) is 14.2. The molecule has 0 spiro atoms. The second kappa shape index (κ2) is 15.3. The molecule has 9 nitrogen and oxygen atoms in total. The number of alkyl carbamates (subject to hydrolysis) is 1. The third-order valence-corrected chi connectivity index (χ3v) is 7.09. The van der Waals surface area contributed by atoms with E-state index in [-0.39, 0.29) is 11.8 Å². The van der Waals surface area contributed by atoms with E-state index in [2.05, 4.69) is 16.1 Å². The predicted octanol–water partition coefficient (Wildman–Crippen LogP) is 4.58. The molecule has 0 saturated heterocycles. The minimum Gasteiger partial charge on any atom is -0.449 e. The van der Waals surface area contributed by atoms with E-state index >= 15 is 0 Å². The number of nitrogens with one attached hydrogen (secondary N) is 3. The van der Waals surface area contributed by atoms with Gasteiger partial charge in [-0.05, 0) is 64.2 Å². The number of Topliss-reactive ketones (excluding diaryl/α,β-unsaturated/α-hetero) is 1. The van der Waals surface area contributed by atoms with Gasteiger partial charge in [0.25, 0.3) is 0 Å². The van der Waals surface area contributed by atoms with E-state index in [1.54, 1.807) is 20.8 Å². The molecular formula is C28H49N3O6. The summed E-state index contributed by atoms with van der Waals surface area (Å²) in [6, 6.07) is -1.86. The maximum atomic E-state index is 13.3. The molecule has 2 aliphatic carbocycles. The molecule has 3 amide bonds. The van der Waals surface area contributed by atoms with Crippen LogP contribution in [-0.2, 0) is 24.0 Å². The fraction of sp³-hybridized carbons (Fsp3) is 0.857. The highest BCUT2D eigenvalue weighted by Gasteiger charge is 2.33. The van der Waals surface area contributed by atoms with Crippen LogP contribution in [0.4, 0.5) is 4.79 Å². The second-order valence-electron chi connectivity index (χ2n) is 12.2. The van der Waals surface area contributed by atoms with Gasteiger partial charge in [0.15, 0.2) is 0 Å². The van der Waals surface area contributed by atoms with Gasteiger partial charge in [0.1, 0.15) is 6.04 Å². The van der Waals surface area contributed by atoms with Crippen LogP contribution in [0.15, 0.2) is 0 Å². The van der Waals surface area contributed by atoms with E-state index in [9.17, 15) is 19.2 Å². The SMILES string of the molecule is CC(C)C[C@H](NC(=O)OCC1CCCCC1)C(=O)N[C@@H](CC1CCCCC1)C(=O)C(=O)NOC(C)(C)C. The summed E-state index contributed by atoms with van der Waals surface area (Å²) < 4.78 is 5.44. The number of rotatable bonds is 12. The zero-order valence-corrected chi connectivity index (χ0v) is 23.5. The summed E-state index contributed by atoms with van der Waals surface area (Å²) in [4.78, 5) is 56.8. The van der Waals surface area contributed by atoms with Crippen molar-refractivity contribution in [3.8, 4) is 0 Å². The van der Waals surface area contributed by atoms with E-state index in [0.29, 0.717) is 25.4 Å². The molecule has 9 heteroatoms. The van der Waals surface area contributed by atoms with Crippen molar-refractivity contribution in [3.05, 3.63) is 0 Å². The summed E-state index contributed by atoms with van der Waals surface area (Å²) in [6.45, 7) is 9.53. The number of ether oxygens (including phenoxy) is 1. The number of hydrogen-bond donors (Lipinski definition) is 3. The minimum absolute atomic E-state index is 0.116. The van der Waals surface area contributed by atoms with Crippen molar-refractivity contribution in [2.24, 2.45) is 17.8 Å². The number of amides is 3. The topological polar surface area (TPSA) is 123 Å². The quantitative estimate of drug-likeness (QED) is 0.254. The van der Waals surface area contributed by atoms with Gasteiger partial charge in [-0.25, -0.2) is 10.3 Å². The highest BCUT2D eigenvalue weighted by Crippen LogP contribution is 2.28. The summed E-state index contributed by atoms with van der Waals surface area (Å²) in [5.74, 6) is -1.39. The lowest BCUT2D eigenvalue weighted by atomic mass is 9.84. The van der Waals surface area contributed by atoms with Crippen LogP contribution in [0.2, 0.25) is 0 Å². The molecule has 0 aromatic heterocycles. The molecule has 0 heterocycles. The van der Waals surface area contributed by atoms with E-state index in [1.165, 1.54) is 6.42 Å². The van der Waals surface area contributed by atoms with E-state index in [4.69, 9.17) is 9.57 Å². The maximum absolute atomic E-state index is 13.3. The Bertz CT molecular complexity index is 752. The first-order chi connectivity index (χ1) is 17.4. The summed E-state index contributed by atoms with van der Waals surface area (Å²) >= 11 is 0. The van der Waals surface area contributed by atoms with Gasteiger partial charge in [-0.1, -0.05) is 65.2 Å². The van der Waals surface area contributed by atoms with Gasteiger partial charge >= 0.3 is 12.0 Å². The van der Waals surface area contributed by atoms with Crippen LogP contribution in [0.1, 0.15) is 112 Å². The predicted molar refractivity (Wildman–Crippen MR) is 141 cm³/mol. The van der Waals surface area contributed by atoms with E-state index < -0.39 is 41.4 Å². The maximum Gasteiger partial charge on any atom is 0.407 e. The molecule has 2 aliphatic rings. The smallest absolute Gasteiger partial charge is 0.407 e. The molecule has 0 aromatic carbocycles. The van der Waals surface area contributed by atoms with Gasteiger partial charge in [-0.2, -0.15) is 0 Å². The van der Waals surface area contributed by atoms with Crippen LogP contribution in [-0.4, -0.2) is 48.0 Å². The molecule has 0 bridgehead atoms. The molecule has 212 valence electrons. The van der Waals surface area contributed by atoms with Gasteiger partial charge in [-0.3, -0.25) is 19.2 Å². The third kappa shape index (κ3) is 12.3. The molecule has 2 fully saturated rings. The number of carbonyl (C=O) groups excluding carboxylic acids is 4. The standard InChI is InChI=1S/C28H49N3O6/c1-19(2)16-23(30-27(35)36-18-21-14-10-7-11-15-21)25(33)29-22(17-20-12-8-6-9-13-20)24(32)26(34)31-37-28(3,4)5/h19-23H,6-18H2,1-5H3,(H,29,33)(H,30,35)(H,31,34)/t22-,23-/m0/s1. The van der Waals surface area contributed by atoms with Crippen molar-refractivity contribution in [3.63, 3.8) is 0 Å².